The minimum absolute atomic E-state index is 0.00910. The number of benzene rings is 1. The number of rotatable bonds is 6. The van der Waals surface area contributed by atoms with Gasteiger partial charge < -0.3 is 24.4 Å². The van der Waals surface area contributed by atoms with Gasteiger partial charge in [-0.1, -0.05) is 6.07 Å². The Morgan fingerprint density at radius 1 is 1.07 bits per heavy atom. The Kier molecular flexibility index (Phi) is 7.49. The van der Waals surface area contributed by atoms with E-state index >= 15 is 0 Å². The highest BCUT2D eigenvalue weighted by Crippen LogP contribution is 2.36. The zero-order chi connectivity index (χ0) is 28.8. The van der Waals surface area contributed by atoms with Crippen molar-refractivity contribution in [3.63, 3.8) is 0 Å². The highest BCUT2D eigenvalue weighted by atomic mass is 19.1. The van der Waals surface area contributed by atoms with Crippen molar-refractivity contribution in [1.29, 1.82) is 0 Å². The van der Waals surface area contributed by atoms with Gasteiger partial charge in [0.15, 0.2) is 0 Å². The molecule has 1 unspecified atom stereocenters. The van der Waals surface area contributed by atoms with E-state index in [0.717, 1.165) is 48.5 Å². The standard InChI is InChI=1S/C32H41FN6O2/c1-5-38(20(2)3)31(40)28-16-23(33)8-11-26(28)27-17-25(19-39-21(4)34-18-29(27)39)36-12-14-37(15-13-36)32(41)30-22-6-9-24(35-30)10-7-22/h8,11,16-20,22,24,30,35H,5-7,9-10,12-15H2,1-4H3. The number of amides is 2. The number of carbonyl (C=O) groups is 2. The van der Waals surface area contributed by atoms with Crippen LogP contribution in [-0.4, -0.2) is 81.8 Å². The predicted octanol–water partition coefficient (Wildman–Crippen LogP) is 4.50. The molecule has 1 atom stereocenters. The molecule has 8 nitrogen and oxygen atoms in total. The SMILES string of the molecule is CCN(C(=O)c1cc(F)ccc1-c1cc(N2CCN(C(=O)C3NC4CCC3CC4)CC2)cn2c(C)ncc12)C(C)C. The fraction of sp³-hybridized carbons (Fsp3) is 0.531. The minimum Gasteiger partial charge on any atom is -0.367 e. The van der Waals surface area contributed by atoms with Gasteiger partial charge in [-0.25, -0.2) is 9.37 Å². The average Bonchev–Trinajstić information content (AvgIpc) is 3.37. The zero-order valence-electron chi connectivity index (χ0n) is 24.6. The van der Waals surface area contributed by atoms with Crippen molar-refractivity contribution in [2.75, 3.05) is 37.6 Å². The van der Waals surface area contributed by atoms with E-state index in [1.807, 2.05) is 43.2 Å². The Morgan fingerprint density at radius 3 is 2.44 bits per heavy atom. The number of anilines is 1. The maximum absolute atomic E-state index is 14.5. The summed E-state index contributed by atoms with van der Waals surface area (Å²) in [5.41, 5.74) is 3.74. The molecule has 4 aliphatic rings. The number of aromatic nitrogens is 2. The van der Waals surface area contributed by atoms with Crippen molar-refractivity contribution in [2.24, 2.45) is 5.92 Å². The molecule has 3 aliphatic heterocycles. The van der Waals surface area contributed by atoms with Crippen molar-refractivity contribution in [3.05, 3.63) is 53.9 Å². The highest BCUT2D eigenvalue weighted by molar-refractivity contribution is 6.03. The molecule has 3 saturated heterocycles. The number of nitrogens with one attached hydrogen (secondary N) is 1. The van der Waals surface area contributed by atoms with Gasteiger partial charge in [-0.05, 0) is 83.1 Å². The molecule has 2 bridgehead atoms. The Bertz CT molecular complexity index is 1450. The fourth-order valence-corrected chi connectivity index (χ4v) is 7.09. The first-order chi connectivity index (χ1) is 19.7. The van der Waals surface area contributed by atoms with Crippen LogP contribution in [0.25, 0.3) is 16.6 Å². The smallest absolute Gasteiger partial charge is 0.254 e. The zero-order valence-corrected chi connectivity index (χ0v) is 24.6. The van der Waals surface area contributed by atoms with Crippen LogP contribution in [0.15, 0.2) is 36.7 Å². The highest BCUT2D eigenvalue weighted by Gasteiger charge is 2.41. The van der Waals surface area contributed by atoms with E-state index < -0.39 is 5.82 Å². The molecule has 9 heteroatoms. The monoisotopic (exact) mass is 560 g/mol. The molecule has 1 saturated carbocycles. The van der Waals surface area contributed by atoms with Gasteiger partial charge in [-0.15, -0.1) is 0 Å². The third-order valence-electron chi connectivity index (χ3n) is 9.42. The quantitative estimate of drug-likeness (QED) is 0.481. The van der Waals surface area contributed by atoms with Crippen LogP contribution in [0, 0.1) is 18.7 Å². The predicted molar refractivity (Wildman–Crippen MR) is 159 cm³/mol. The second-order valence-corrected chi connectivity index (χ2v) is 12.1. The number of carbonyl (C=O) groups excluding carboxylic acids is 2. The summed E-state index contributed by atoms with van der Waals surface area (Å²) in [6.45, 7) is 11.2. The number of hydrogen-bond donors (Lipinski definition) is 1. The van der Waals surface area contributed by atoms with Crippen molar-refractivity contribution < 1.29 is 14.0 Å². The minimum atomic E-state index is -0.435. The first-order valence-electron chi connectivity index (χ1n) is 15.1. The number of hydrogen-bond acceptors (Lipinski definition) is 5. The van der Waals surface area contributed by atoms with Crippen molar-refractivity contribution in [2.45, 2.75) is 71.5 Å². The normalized spacial score (nSPS) is 22.5. The molecule has 4 fully saturated rings. The lowest BCUT2D eigenvalue weighted by atomic mass is 9.76. The molecule has 1 aliphatic carbocycles. The third kappa shape index (κ3) is 5.09. The van der Waals surface area contributed by atoms with E-state index in [1.165, 1.54) is 25.0 Å². The van der Waals surface area contributed by atoms with Gasteiger partial charge in [0.1, 0.15) is 11.6 Å². The lowest BCUT2D eigenvalue weighted by molar-refractivity contribution is -0.137. The van der Waals surface area contributed by atoms with Gasteiger partial charge in [0, 0.05) is 56.6 Å². The second kappa shape index (κ2) is 11.1. The number of aryl methyl sites for hydroxylation is 1. The average molecular weight is 561 g/mol. The van der Waals surface area contributed by atoms with Gasteiger partial charge in [-0.2, -0.15) is 0 Å². The molecule has 1 N–H and O–H groups in total. The number of piperazine rings is 1. The second-order valence-electron chi connectivity index (χ2n) is 12.1. The van der Waals surface area contributed by atoms with Crippen LogP contribution in [0.4, 0.5) is 10.1 Å². The Hall–Kier alpha value is -3.46. The van der Waals surface area contributed by atoms with E-state index in [0.29, 0.717) is 42.7 Å². The fourth-order valence-electron chi connectivity index (χ4n) is 7.09. The van der Waals surface area contributed by atoms with Crippen LogP contribution < -0.4 is 10.2 Å². The topological polar surface area (TPSA) is 73.2 Å². The number of fused-ring (bicyclic) bond motifs is 4. The van der Waals surface area contributed by atoms with Crippen LogP contribution in [-0.2, 0) is 4.79 Å². The molecule has 5 heterocycles. The molecule has 41 heavy (non-hydrogen) atoms. The van der Waals surface area contributed by atoms with Crippen LogP contribution in [0.1, 0.15) is 62.6 Å². The van der Waals surface area contributed by atoms with Gasteiger partial charge in [0.2, 0.25) is 5.91 Å². The third-order valence-corrected chi connectivity index (χ3v) is 9.42. The van der Waals surface area contributed by atoms with Gasteiger partial charge >= 0.3 is 0 Å². The summed E-state index contributed by atoms with van der Waals surface area (Å²) >= 11 is 0. The van der Waals surface area contributed by atoms with E-state index in [2.05, 4.69) is 27.5 Å². The molecule has 7 rings (SSSR count). The Labute approximate surface area is 241 Å². The first kappa shape index (κ1) is 27.7. The van der Waals surface area contributed by atoms with E-state index in [1.54, 1.807) is 11.0 Å². The van der Waals surface area contributed by atoms with E-state index in [4.69, 9.17) is 0 Å². The van der Waals surface area contributed by atoms with Gasteiger partial charge in [0.25, 0.3) is 5.91 Å². The number of piperidine rings is 2. The van der Waals surface area contributed by atoms with E-state index in [-0.39, 0.29) is 23.9 Å². The molecule has 2 amide bonds. The molecule has 2 aromatic heterocycles. The number of nitrogens with zero attached hydrogens (tertiary/aromatic N) is 5. The van der Waals surface area contributed by atoms with Crippen LogP contribution >= 0.6 is 0 Å². The molecule has 218 valence electrons. The van der Waals surface area contributed by atoms with Crippen molar-refractivity contribution >= 4 is 23.0 Å². The van der Waals surface area contributed by atoms with E-state index in [9.17, 15) is 14.0 Å². The van der Waals surface area contributed by atoms with Crippen LogP contribution in [0.2, 0.25) is 0 Å². The lowest BCUT2D eigenvalue weighted by Gasteiger charge is -2.45. The van der Waals surface area contributed by atoms with Crippen LogP contribution in [0.3, 0.4) is 0 Å². The molecule has 1 aromatic carbocycles. The maximum Gasteiger partial charge on any atom is 0.254 e. The summed E-state index contributed by atoms with van der Waals surface area (Å²) in [7, 11) is 0. The largest absolute Gasteiger partial charge is 0.367 e. The van der Waals surface area contributed by atoms with Gasteiger partial charge in [0.05, 0.1) is 29.0 Å². The summed E-state index contributed by atoms with van der Waals surface area (Å²) in [5, 5.41) is 3.61. The maximum atomic E-state index is 14.5. The Balaban J connectivity index is 1.30. The molecular weight excluding hydrogens is 519 g/mol. The number of pyridine rings is 1. The summed E-state index contributed by atoms with van der Waals surface area (Å²) in [5.74, 6) is 0.930. The summed E-state index contributed by atoms with van der Waals surface area (Å²) in [6.07, 6.45) is 8.59. The Morgan fingerprint density at radius 2 is 1.80 bits per heavy atom. The summed E-state index contributed by atoms with van der Waals surface area (Å²) in [4.78, 5) is 37.7. The number of imidazole rings is 1. The summed E-state index contributed by atoms with van der Waals surface area (Å²) < 4.78 is 16.6. The molecule has 0 radical (unpaired) electrons. The van der Waals surface area contributed by atoms with Crippen molar-refractivity contribution in [3.8, 4) is 11.1 Å². The van der Waals surface area contributed by atoms with Crippen LogP contribution in [0.5, 0.6) is 0 Å². The van der Waals surface area contributed by atoms with Gasteiger partial charge in [-0.3, -0.25) is 9.59 Å². The first-order valence-corrected chi connectivity index (χ1v) is 15.1. The lowest BCUT2D eigenvalue weighted by Crippen LogP contribution is -2.61. The summed E-state index contributed by atoms with van der Waals surface area (Å²) in [6, 6.07) is 7.02. The molecular formula is C32H41FN6O2. The van der Waals surface area contributed by atoms with Crippen molar-refractivity contribution in [1.82, 2.24) is 24.5 Å². The molecule has 0 spiro atoms. The molecule has 3 aromatic rings. The number of halogens is 1.